The van der Waals surface area contributed by atoms with Crippen molar-refractivity contribution in [1.82, 2.24) is 14.3 Å². The highest BCUT2D eigenvalue weighted by molar-refractivity contribution is 7.71. The second kappa shape index (κ2) is 9.66. The van der Waals surface area contributed by atoms with E-state index in [1.54, 1.807) is 0 Å². The molecular formula is C22H29N4OS+. The fraction of sp³-hybridized carbons (Fsp3) is 0.364. The van der Waals surface area contributed by atoms with Crippen molar-refractivity contribution in [3.8, 4) is 5.75 Å². The summed E-state index contributed by atoms with van der Waals surface area (Å²) in [4.78, 5) is 1.33. The molecule has 1 N–H and O–H groups in total. The maximum atomic E-state index is 5.69. The fourth-order valence-electron chi connectivity index (χ4n) is 3.35. The molecule has 3 rings (SSSR count). The number of ether oxygens (including phenoxy) is 1. The van der Waals surface area contributed by atoms with Crippen LogP contribution in [0.2, 0.25) is 0 Å². The summed E-state index contributed by atoms with van der Waals surface area (Å²) in [6, 6.07) is 18.7. The molecule has 0 saturated carbocycles. The van der Waals surface area contributed by atoms with E-state index < -0.39 is 0 Å². The predicted molar refractivity (Wildman–Crippen MR) is 114 cm³/mol. The first-order valence-corrected chi connectivity index (χ1v) is 10.2. The number of nitrogens with zero attached hydrogens (tertiary/aromatic N) is 3. The third-order valence-corrected chi connectivity index (χ3v) is 5.11. The highest BCUT2D eigenvalue weighted by atomic mass is 32.1. The van der Waals surface area contributed by atoms with Gasteiger partial charge in [-0.2, -0.15) is 9.78 Å². The van der Waals surface area contributed by atoms with Crippen LogP contribution in [0.15, 0.2) is 54.6 Å². The molecular weight excluding hydrogens is 368 g/mol. The zero-order valence-corrected chi connectivity index (χ0v) is 17.7. The van der Waals surface area contributed by atoms with Crippen molar-refractivity contribution in [3.05, 3.63) is 76.3 Å². The third kappa shape index (κ3) is 5.09. The van der Waals surface area contributed by atoms with Gasteiger partial charge >= 0.3 is 0 Å². The Labute approximate surface area is 172 Å². The molecule has 1 atom stereocenters. The van der Waals surface area contributed by atoms with Crippen molar-refractivity contribution < 1.29 is 9.64 Å². The molecule has 0 radical (unpaired) electrons. The Morgan fingerprint density at radius 3 is 2.36 bits per heavy atom. The van der Waals surface area contributed by atoms with Crippen molar-refractivity contribution in [2.45, 2.75) is 40.0 Å². The van der Waals surface area contributed by atoms with Gasteiger partial charge in [0, 0.05) is 18.5 Å². The molecule has 0 amide bonds. The Morgan fingerprint density at radius 1 is 1.00 bits per heavy atom. The van der Waals surface area contributed by atoms with Crippen LogP contribution in [0.5, 0.6) is 5.75 Å². The average molecular weight is 398 g/mol. The quantitative estimate of drug-likeness (QED) is 0.564. The van der Waals surface area contributed by atoms with E-state index in [2.05, 4.69) is 54.9 Å². The van der Waals surface area contributed by atoms with E-state index >= 15 is 0 Å². The lowest BCUT2D eigenvalue weighted by atomic mass is 10.1. The molecule has 1 aromatic heterocycles. The lowest BCUT2D eigenvalue weighted by Crippen LogP contribution is -3.07. The minimum absolute atomic E-state index is 0.689. The standard InChI is InChI=1S/C22H28N4OS/c1-4-25-21(15-18-9-7-6-8-10-18)23-26(22(25)28)17-24(3)16-19-11-13-20(14-12-19)27-5-2/h6-14H,4-5,15-17H2,1-3H3/p+1. The number of quaternary nitrogens is 1. The van der Waals surface area contributed by atoms with Crippen LogP contribution in [-0.2, 0) is 26.2 Å². The first-order chi connectivity index (χ1) is 13.6. The van der Waals surface area contributed by atoms with Crippen LogP contribution < -0.4 is 9.64 Å². The Hall–Kier alpha value is -2.44. The van der Waals surface area contributed by atoms with Crippen LogP contribution in [0.4, 0.5) is 0 Å². The van der Waals surface area contributed by atoms with E-state index in [1.807, 2.05) is 29.8 Å². The molecule has 2 aromatic carbocycles. The van der Waals surface area contributed by atoms with Gasteiger partial charge in [-0.05, 0) is 55.9 Å². The van der Waals surface area contributed by atoms with Crippen molar-refractivity contribution in [2.75, 3.05) is 13.7 Å². The number of nitrogens with one attached hydrogen (secondary N) is 1. The zero-order valence-electron chi connectivity index (χ0n) is 16.9. The highest BCUT2D eigenvalue weighted by Crippen LogP contribution is 2.12. The summed E-state index contributed by atoms with van der Waals surface area (Å²) in [5.41, 5.74) is 2.52. The molecule has 5 nitrogen and oxygen atoms in total. The number of hydrogen-bond acceptors (Lipinski definition) is 3. The van der Waals surface area contributed by atoms with E-state index in [-0.39, 0.29) is 0 Å². The Bertz CT molecular complexity index is 931. The van der Waals surface area contributed by atoms with Crippen LogP contribution >= 0.6 is 12.2 Å². The molecule has 3 aromatic rings. The van der Waals surface area contributed by atoms with Crippen LogP contribution in [0.1, 0.15) is 30.8 Å². The van der Waals surface area contributed by atoms with E-state index in [1.165, 1.54) is 16.0 Å². The second-order valence-electron chi connectivity index (χ2n) is 6.97. The van der Waals surface area contributed by atoms with Gasteiger partial charge in [-0.25, -0.2) is 0 Å². The summed E-state index contributed by atoms with van der Waals surface area (Å²) in [6.07, 6.45) is 0.795. The fourth-order valence-corrected chi connectivity index (χ4v) is 3.69. The summed E-state index contributed by atoms with van der Waals surface area (Å²) in [6.45, 7) is 7.28. The van der Waals surface area contributed by atoms with E-state index in [0.717, 1.165) is 42.5 Å². The minimum atomic E-state index is 0.689. The highest BCUT2D eigenvalue weighted by Gasteiger charge is 2.13. The maximum Gasteiger partial charge on any atom is 0.202 e. The molecule has 0 fully saturated rings. The Balaban J connectivity index is 1.70. The summed E-state index contributed by atoms with van der Waals surface area (Å²) < 4.78 is 10.4. The molecule has 0 bridgehead atoms. The number of rotatable bonds is 9. The summed E-state index contributed by atoms with van der Waals surface area (Å²) in [7, 11) is 2.17. The third-order valence-electron chi connectivity index (χ3n) is 4.68. The Kier molecular flexibility index (Phi) is 7.01. The molecule has 0 aliphatic rings. The second-order valence-corrected chi connectivity index (χ2v) is 7.34. The SMILES string of the molecule is CCOc1ccc(C[NH+](C)Cn2nc(Cc3ccccc3)n(CC)c2=S)cc1. The zero-order chi connectivity index (χ0) is 19.9. The van der Waals surface area contributed by atoms with E-state index in [9.17, 15) is 0 Å². The Morgan fingerprint density at radius 2 is 1.71 bits per heavy atom. The van der Waals surface area contributed by atoms with E-state index in [0.29, 0.717) is 6.61 Å². The van der Waals surface area contributed by atoms with Crippen LogP contribution in [0.3, 0.4) is 0 Å². The van der Waals surface area contributed by atoms with Crippen molar-refractivity contribution in [3.63, 3.8) is 0 Å². The van der Waals surface area contributed by atoms with Crippen molar-refractivity contribution in [2.24, 2.45) is 0 Å². The number of aromatic nitrogens is 3. The number of hydrogen-bond donors (Lipinski definition) is 1. The van der Waals surface area contributed by atoms with Gasteiger partial charge in [0.2, 0.25) is 4.77 Å². The first-order valence-electron chi connectivity index (χ1n) is 9.84. The molecule has 28 heavy (non-hydrogen) atoms. The van der Waals surface area contributed by atoms with Gasteiger partial charge in [-0.1, -0.05) is 30.3 Å². The van der Waals surface area contributed by atoms with Gasteiger partial charge in [0.25, 0.3) is 0 Å². The normalized spacial score (nSPS) is 12.1. The molecule has 0 aliphatic heterocycles. The molecule has 148 valence electrons. The van der Waals surface area contributed by atoms with Crippen LogP contribution in [0.25, 0.3) is 0 Å². The topological polar surface area (TPSA) is 36.4 Å². The lowest BCUT2D eigenvalue weighted by Gasteiger charge is -2.14. The molecule has 6 heteroatoms. The van der Waals surface area contributed by atoms with Gasteiger partial charge < -0.3 is 14.2 Å². The maximum absolute atomic E-state index is 5.69. The van der Waals surface area contributed by atoms with Gasteiger partial charge in [0.05, 0.1) is 13.7 Å². The largest absolute Gasteiger partial charge is 0.494 e. The smallest absolute Gasteiger partial charge is 0.202 e. The monoisotopic (exact) mass is 397 g/mol. The predicted octanol–water partition coefficient (Wildman–Crippen LogP) is 3.10. The van der Waals surface area contributed by atoms with Gasteiger partial charge in [0.1, 0.15) is 18.1 Å². The number of benzene rings is 2. The molecule has 1 heterocycles. The summed E-state index contributed by atoms with van der Waals surface area (Å²) in [5, 5.41) is 4.83. The molecule has 0 spiro atoms. The van der Waals surface area contributed by atoms with Crippen molar-refractivity contribution >= 4 is 12.2 Å². The van der Waals surface area contributed by atoms with Gasteiger partial charge in [-0.15, -0.1) is 0 Å². The van der Waals surface area contributed by atoms with E-state index in [4.69, 9.17) is 22.1 Å². The first kappa shape index (κ1) is 20.3. The van der Waals surface area contributed by atoms with Gasteiger partial charge in [-0.3, -0.25) is 0 Å². The lowest BCUT2D eigenvalue weighted by molar-refractivity contribution is -0.917. The van der Waals surface area contributed by atoms with Crippen molar-refractivity contribution in [1.29, 1.82) is 0 Å². The molecule has 0 aliphatic carbocycles. The average Bonchev–Trinajstić information content (AvgIpc) is 2.98. The van der Waals surface area contributed by atoms with Crippen LogP contribution in [-0.4, -0.2) is 28.0 Å². The summed E-state index contributed by atoms with van der Waals surface area (Å²) in [5.74, 6) is 1.94. The summed E-state index contributed by atoms with van der Waals surface area (Å²) >= 11 is 5.69. The molecule has 0 saturated heterocycles. The molecule has 1 unspecified atom stereocenters. The van der Waals surface area contributed by atoms with Gasteiger partial charge in [0.15, 0.2) is 6.67 Å². The van der Waals surface area contributed by atoms with Crippen LogP contribution in [0, 0.1) is 4.77 Å². The minimum Gasteiger partial charge on any atom is -0.494 e.